The first-order valence-corrected chi connectivity index (χ1v) is 4.47. The molecule has 0 aliphatic carbocycles. The summed E-state index contributed by atoms with van der Waals surface area (Å²) in [6, 6.07) is 4.27. The molecule has 1 aromatic heterocycles. The van der Waals surface area contributed by atoms with Crippen molar-refractivity contribution in [1.29, 1.82) is 0 Å². The van der Waals surface area contributed by atoms with E-state index in [-0.39, 0.29) is 0 Å². The molecule has 0 aliphatic heterocycles. The molecule has 0 aromatic carbocycles. The van der Waals surface area contributed by atoms with E-state index in [1.54, 1.807) is 11.8 Å². The fraction of sp³-hybridized carbons (Fsp3) is 0.375. The Morgan fingerprint density at radius 2 is 2.10 bits per heavy atom. The first-order valence-electron chi connectivity index (χ1n) is 3.24. The summed E-state index contributed by atoms with van der Waals surface area (Å²) in [5.41, 5.74) is 1.31. The fourth-order valence-electron chi connectivity index (χ4n) is 0.944. The average Bonchev–Trinajstić information content (AvgIpc) is 1.88. The van der Waals surface area contributed by atoms with Crippen LogP contribution in [0.2, 0.25) is 0 Å². The molecule has 0 radical (unpaired) electrons. The lowest BCUT2D eigenvalue weighted by molar-refractivity contribution is -0.709. The summed E-state index contributed by atoms with van der Waals surface area (Å²) >= 11 is 1.77. The Bertz CT molecular complexity index is 233. The molecule has 10 heavy (non-hydrogen) atoms. The maximum Gasteiger partial charge on any atom is 0.239 e. The van der Waals surface area contributed by atoms with Crippen LogP contribution in [0.1, 0.15) is 5.56 Å². The van der Waals surface area contributed by atoms with Gasteiger partial charge in [-0.05, 0) is 19.2 Å². The highest BCUT2D eigenvalue weighted by Gasteiger charge is 2.02. The Labute approximate surface area is 66.1 Å². The zero-order valence-electron chi connectivity index (χ0n) is 6.59. The summed E-state index contributed by atoms with van der Waals surface area (Å²) in [5.74, 6) is 0. The smallest absolute Gasteiger partial charge is 0.196 e. The van der Waals surface area contributed by atoms with Crippen LogP contribution in [-0.2, 0) is 7.05 Å². The summed E-state index contributed by atoms with van der Waals surface area (Å²) in [5, 5.41) is 1.30. The van der Waals surface area contributed by atoms with Crippen molar-refractivity contribution in [3.63, 3.8) is 0 Å². The van der Waals surface area contributed by atoms with E-state index in [1.807, 2.05) is 0 Å². The lowest BCUT2D eigenvalue weighted by atomic mass is 10.3. The number of thioether (sulfide) groups is 1. The van der Waals surface area contributed by atoms with Gasteiger partial charge in [0.1, 0.15) is 7.05 Å². The van der Waals surface area contributed by atoms with E-state index >= 15 is 0 Å². The maximum atomic E-state index is 2.14. The van der Waals surface area contributed by atoms with E-state index in [4.69, 9.17) is 0 Å². The van der Waals surface area contributed by atoms with E-state index in [1.165, 1.54) is 10.6 Å². The van der Waals surface area contributed by atoms with E-state index in [0.29, 0.717) is 0 Å². The molecule has 54 valence electrons. The second kappa shape index (κ2) is 3.06. The Morgan fingerprint density at radius 1 is 1.40 bits per heavy atom. The summed E-state index contributed by atoms with van der Waals surface area (Å²) in [4.78, 5) is 0. The van der Waals surface area contributed by atoms with Gasteiger partial charge in [-0.25, -0.2) is 0 Å². The highest BCUT2D eigenvalue weighted by molar-refractivity contribution is 7.98. The van der Waals surface area contributed by atoms with Gasteiger partial charge in [-0.2, -0.15) is 4.57 Å². The highest BCUT2D eigenvalue weighted by Crippen LogP contribution is 2.07. The van der Waals surface area contributed by atoms with Crippen LogP contribution in [0.5, 0.6) is 0 Å². The van der Waals surface area contributed by atoms with Crippen molar-refractivity contribution in [3.8, 4) is 0 Å². The standard InChI is InChI=1S/C8H12NS/c1-7-4-5-8(10-3)9(2)6-7/h4-6H,1-3H3/q+1. The van der Waals surface area contributed by atoms with Crippen molar-refractivity contribution in [1.82, 2.24) is 0 Å². The number of pyridine rings is 1. The van der Waals surface area contributed by atoms with Crippen LogP contribution in [-0.4, -0.2) is 6.26 Å². The second-order valence-corrected chi connectivity index (χ2v) is 3.19. The Kier molecular flexibility index (Phi) is 2.33. The third-order valence-electron chi connectivity index (χ3n) is 1.44. The predicted molar refractivity (Wildman–Crippen MR) is 44.1 cm³/mol. The number of aryl methyl sites for hydroxylation is 2. The van der Waals surface area contributed by atoms with Gasteiger partial charge in [0.25, 0.3) is 0 Å². The van der Waals surface area contributed by atoms with Crippen LogP contribution in [0, 0.1) is 6.92 Å². The zero-order chi connectivity index (χ0) is 7.56. The number of hydrogen-bond acceptors (Lipinski definition) is 1. The van der Waals surface area contributed by atoms with Crippen molar-refractivity contribution >= 4 is 11.8 Å². The van der Waals surface area contributed by atoms with Crippen molar-refractivity contribution in [2.75, 3.05) is 6.26 Å². The van der Waals surface area contributed by atoms with E-state index in [0.717, 1.165) is 0 Å². The van der Waals surface area contributed by atoms with Gasteiger partial charge in [0, 0.05) is 11.6 Å². The summed E-state index contributed by atoms with van der Waals surface area (Å²) < 4.78 is 2.14. The van der Waals surface area contributed by atoms with Gasteiger partial charge in [0.05, 0.1) is 0 Å². The number of aromatic nitrogens is 1. The molecule has 0 spiro atoms. The molecule has 0 amide bonds. The topological polar surface area (TPSA) is 3.88 Å². The Hall–Kier alpha value is -0.500. The van der Waals surface area contributed by atoms with Gasteiger partial charge in [0.15, 0.2) is 6.20 Å². The quantitative estimate of drug-likeness (QED) is 0.438. The maximum absolute atomic E-state index is 2.14. The van der Waals surface area contributed by atoms with Gasteiger partial charge < -0.3 is 0 Å². The minimum Gasteiger partial charge on any atom is -0.196 e. The molecule has 0 bridgehead atoms. The van der Waals surface area contributed by atoms with Crippen molar-refractivity contribution in [3.05, 3.63) is 23.9 Å². The van der Waals surface area contributed by atoms with Crippen molar-refractivity contribution < 1.29 is 4.57 Å². The summed E-state index contributed by atoms with van der Waals surface area (Å²) in [7, 11) is 2.07. The second-order valence-electron chi connectivity index (χ2n) is 2.36. The normalized spacial score (nSPS) is 9.90. The molecule has 2 heteroatoms. The molecular formula is C8H12NS+. The van der Waals surface area contributed by atoms with E-state index in [9.17, 15) is 0 Å². The van der Waals surface area contributed by atoms with Crippen LogP contribution >= 0.6 is 11.8 Å². The van der Waals surface area contributed by atoms with Gasteiger partial charge in [-0.3, -0.25) is 0 Å². The molecule has 1 aromatic rings. The van der Waals surface area contributed by atoms with Gasteiger partial charge in [-0.15, -0.1) is 0 Å². The number of nitrogens with zero attached hydrogens (tertiary/aromatic N) is 1. The SMILES string of the molecule is CSc1ccc(C)c[n+]1C. The monoisotopic (exact) mass is 154 g/mol. The molecule has 0 atom stereocenters. The molecule has 0 fully saturated rings. The third kappa shape index (κ3) is 1.51. The Balaban J connectivity index is 3.07. The molecule has 0 unspecified atom stereocenters. The molecule has 0 saturated carbocycles. The molecule has 1 nitrogen and oxygen atoms in total. The first-order chi connectivity index (χ1) is 4.74. The molecule has 1 rings (SSSR count). The average molecular weight is 154 g/mol. The van der Waals surface area contributed by atoms with Gasteiger partial charge in [0.2, 0.25) is 5.03 Å². The zero-order valence-corrected chi connectivity index (χ0v) is 7.40. The van der Waals surface area contributed by atoms with Crippen molar-refractivity contribution in [2.24, 2.45) is 7.05 Å². The van der Waals surface area contributed by atoms with Crippen LogP contribution < -0.4 is 4.57 Å². The lowest BCUT2D eigenvalue weighted by Gasteiger charge is -1.94. The van der Waals surface area contributed by atoms with Crippen LogP contribution in [0.15, 0.2) is 23.4 Å². The number of rotatable bonds is 1. The fourth-order valence-corrected chi connectivity index (χ4v) is 1.49. The third-order valence-corrected chi connectivity index (χ3v) is 2.29. The van der Waals surface area contributed by atoms with Gasteiger partial charge in [-0.1, -0.05) is 11.8 Å². The minimum absolute atomic E-state index is 1.30. The molecule has 1 heterocycles. The molecule has 0 N–H and O–H groups in total. The van der Waals surface area contributed by atoms with Crippen LogP contribution in [0.4, 0.5) is 0 Å². The summed E-state index contributed by atoms with van der Waals surface area (Å²) in [6.45, 7) is 2.10. The van der Waals surface area contributed by atoms with E-state index in [2.05, 4.69) is 43.1 Å². The van der Waals surface area contributed by atoms with Crippen LogP contribution in [0.25, 0.3) is 0 Å². The summed E-state index contributed by atoms with van der Waals surface area (Å²) in [6.07, 6.45) is 4.22. The largest absolute Gasteiger partial charge is 0.239 e. The van der Waals surface area contributed by atoms with Crippen LogP contribution in [0.3, 0.4) is 0 Å². The lowest BCUT2D eigenvalue weighted by Crippen LogP contribution is -2.30. The first kappa shape index (κ1) is 7.61. The van der Waals surface area contributed by atoms with Crippen molar-refractivity contribution in [2.45, 2.75) is 11.9 Å². The van der Waals surface area contributed by atoms with E-state index < -0.39 is 0 Å². The number of hydrogen-bond donors (Lipinski definition) is 0. The molecule has 0 saturated heterocycles. The van der Waals surface area contributed by atoms with Gasteiger partial charge >= 0.3 is 0 Å². The minimum atomic E-state index is 1.30. The molecular weight excluding hydrogens is 142 g/mol. The molecule has 0 aliphatic rings. The predicted octanol–water partition coefficient (Wildman–Crippen LogP) is 1.54. The highest BCUT2D eigenvalue weighted by atomic mass is 32.2. The Morgan fingerprint density at radius 3 is 2.60 bits per heavy atom.